The molecule has 0 bridgehead atoms. The first kappa shape index (κ1) is 12.7. The van der Waals surface area contributed by atoms with Gasteiger partial charge in [-0.3, -0.25) is 4.79 Å². The van der Waals surface area contributed by atoms with Crippen molar-refractivity contribution in [2.24, 2.45) is 0 Å². The molecule has 1 aliphatic carbocycles. The van der Waals surface area contributed by atoms with Crippen LogP contribution in [0.5, 0.6) is 0 Å². The average molecular weight is 248 g/mol. The number of carbonyl (C=O) groups excluding carboxylic acids is 1. The predicted molar refractivity (Wildman–Crippen MR) is 75.0 cm³/mol. The summed E-state index contributed by atoms with van der Waals surface area (Å²) in [6.07, 6.45) is 5.14. The molecule has 0 spiro atoms. The lowest BCUT2D eigenvalue weighted by Gasteiger charge is -2.25. The van der Waals surface area contributed by atoms with E-state index in [0.29, 0.717) is 5.75 Å². The summed E-state index contributed by atoms with van der Waals surface area (Å²) in [5.74, 6) is 2.72. The Morgan fingerprint density at radius 3 is 2.53 bits per heavy atom. The number of benzene rings is 1. The Morgan fingerprint density at radius 1 is 1.29 bits per heavy atom. The second-order valence-electron chi connectivity index (χ2n) is 4.73. The maximum atomic E-state index is 11.9. The average Bonchev–Trinajstić information content (AvgIpc) is 2.28. The lowest BCUT2D eigenvalue weighted by molar-refractivity contribution is 0.102. The minimum atomic E-state index is 0.267. The van der Waals surface area contributed by atoms with Gasteiger partial charge in [-0.1, -0.05) is 37.6 Å². The molecule has 1 aromatic rings. The maximum absolute atomic E-state index is 11.9. The molecule has 0 saturated heterocycles. The lowest BCUT2D eigenvalue weighted by Crippen LogP contribution is -2.09. The van der Waals surface area contributed by atoms with Crippen molar-refractivity contribution in [2.45, 2.75) is 38.5 Å². The van der Waals surface area contributed by atoms with E-state index in [0.717, 1.165) is 23.7 Å². The quantitative estimate of drug-likeness (QED) is 0.552. The summed E-state index contributed by atoms with van der Waals surface area (Å²) >= 11 is 1.73. The first-order valence-electron chi connectivity index (χ1n) is 6.52. The van der Waals surface area contributed by atoms with Crippen molar-refractivity contribution in [1.82, 2.24) is 0 Å². The molecule has 1 nitrogen and oxygen atoms in total. The molecule has 0 radical (unpaired) electrons. The molecule has 1 aliphatic rings. The summed E-state index contributed by atoms with van der Waals surface area (Å²) in [5, 5.41) is 0. The van der Waals surface area contributed by atoms with E-state index < -0.39 is 0 Å². The Bertz CT molecular complexity index is 365. The fourth-order valence-corrected chi connectivity index (χ4v) is 2.86. The van der Waals surface area contributed by atoms with Gasteiger partial charge in [0, 0.05) is 5.56 Å². The van der Waals surface area contributed by atoms with Crippen LogP contribution in [-0.2, 0) is 0 Å². The number of carbonyl (C=O) groups is 1. The third kappa shape index (κ3) is 3.35. The van der Waals surface area contributed by atoms with Gasteiger partial charge in [-0.05, 0) is 36.5 Å². The molecule has 2 heteroatoms. The van der Waals surface area contributed by atoms with Crippen LogP contribution in [0.25, 0.3) is 0 Å². The Morgan fingerprint density at radius 2 is 2.00 bits per heavy atom. The van der Waals surface area contributed by atoms with E-state index in [4.69, 9.17) is 0 Å². The molecule has 0 unspecified atom stereocenters. The van der Waals surface area contributed by atoms with Crippen molar-refractivity contribution in [3.8, 4) is 0 Å². The van der Waals surface area contributed by atoms with Crippen LogP contribution in [0.1, 0.15) is 54.4 Å². The standard InChI is InChI=1S/C15H20OS/c1-2-10-17-11-15(16)14-8-6-13(7-9-14)12-4-3-5-12/h6-9,12H,2-5,10-11H2,1H3. The summed E-state index contributed by atoms with van der Waals surface area (Å²) in [4.78, 5) is 11.9. The van der Waals surface area contributed by atoms with Crippen molar-refractivity contribution in [3.63, 3.8) is 0 Å². The molecule has 0 atom stereocenters. The van der Waals surface area contributed by atoms with Gasteiger partial charge >= 0.3 is 0 Å². The molecule has 2 rings (SSSR count). The molecule has 0 aromatic heterocycles. The minimum Gasteiger partial charge on any atom is -0.293 e. The molecule has 92 valence electrons. The van der Waals surface area contributed by atoms with Gasteiger partial charge in [0.25, 0.3) is 0 Å². The molecule has 17 heavy (non-hydrogen) atoms. The molecule has 0 heterocycles. The molecule has 0 amide bonds. The zero-order chi connectivity index (χ0) is 12.1. The number of hydrogen-bond acceptors (Lipinski definition) is 2. The molecule has 0 aliphatic heterocycles. The smallest absolute Gasteiger partial charge is 0.172 e. The third-order valence-corrected chi connectivity index (χ3v) is 4.55. The van der Waals surface area contributed by atoms with Crippen LogP contribution in [0.15, 0.2) is 24.3 Å². The summed E-state index contributed by atoms with van der Waals surface area (Å²) < 4.78 is 0. The summed E-state index contributed by atoms with van der Waals surface area (Å²) in [6.45, 7) is 2.14. The van der Waals surface area contributed by atoms with Crippen LogP contribution in [0.3, 0.4) is 0 Å². The van der Waals surface area contributed by atoms with Gasteiger partial charge < -0.3 is 0 Å². The van der Waals surface area contributed by atoms with E-state index in [1.807, 2.05) is 12.1 Å². The molecule has 1 fully saturated rings. The van der Waals surface area contributed by atoms with Gasteiger partial charge in [-0.2, -0.15) is 11.8 Å². The SMILES string of the molecule is CCCSCC(=O)c1ccc(C2CCC2)cc1. The van der Waals surface area contributed by atoms with Gasteiger partial charge in [-0.15, -0.1) is 0 Å². The minimum absolute atomic E-state index is 0.267. The van der Waals surface area contributed by atoms with Crippen molar-refractivity contribution in [3.05, 3.63) is 35.4 Å². The van der Waals surface area contributed by atoms with E-state index in [-0.39, 0.29) is 5.78 Å². The van der Waals surface area contributed by atoms with E-state index in [9.17, 15) is 4.79 Å². The zero-order valence-corrected chi connectivity index (χ0v) is 11.3. The van der Waals surface area contributed by atoms with E-state index in [1.54, 1.807) is 11.8 Å². The van der Waals surface area contributed by atoms with Gasteiger partial charge in [0.15, 0.2) is 5.78 Å². The molecular formula is C15H20OS. The normalized spacial score (nSPS) is 15.6. The topological polar surface area (TPSA) is 17.1 Å². The van der Waals surface area contributed by atoms with Crippen LogP contribution in [-0.4, -0.2) is 17.3 Å². The van der Waals surface area contributed by atoms with E-state index >= 15 is 0 Å². The lowest BCUT2D eigenvalue weighted by atomic mass is 9.80. The largest absolute Gasteiger partial charge is 0.293 e. The fourth-order valence-electron chi connectivity index (χ4n) is 2.08. The highest BCUT2D eigenvalue weighted by molar-refractivity contribution is 7.99. The Balaban J connectivity index is 1.90. The second-order valence-corrected chi connectivity index (χ2v) is 5.83. The molecule has 0 N–H and O–H groups in total. The van der Waals surface area contributed by atoms with E-state index in [1.165, 1.54) is 24.8 Å². The van der Waals surface area contributed by atoms with Crippen molar-refractivity contribution < 1.29 is 4.79 Å². The fraction of sp³-hybridized carbons (Fsp3) is 0.533. The van der Waals surface area contributed by atoms with Gasteiger partial charge in [0.05, 0.1) is 5.75 Å². The number of Topliss-reactive ketones (excluding diaryl/α,β-unsaturated/α-hetero) is 1. The van der Waals surface area contributed by atoms with E-state index in [2.05, 4.69) is 19.1 Å². The van der Waals surface area contributed by atoms with Crippen molar-refractivity contribution >= 4 is 17.5 Å². The monoisotopic (exact) mass is 248 g/mol. The Kier molecular flexibility index (Phi) is 4.66. The Labute approximate surface area is 108 Å². The summed E-state index contributed by atoms with van der Waals surface area (Å²) in [6, 6.07) is 8.29. The number of ketones is 1. The van der Waals surface area contributed by atoms with Gasteiger partial charge in [-0.25, -0.2) is 0 Å². The van der Waals surface area contributed by atoms with Crippen LogP contribution in [0.4, 0.5) is 0 Å². The predicted octanol–water partition coefficient (Wildman–Crippen LogP) is 4.28. The van der Waals surface area contributed by atoms with Gasteiger partial charge in [0.2, 0.25) is 0 Å². The third-order valence-electron chi connectivity index (χ3n) is 3.39. The summed E-state index contributed by atoms with van der Waals surface area (Å²) in [5.41, 5.74) is 2.28. The second kappa shape index (κ2) is 6.25. The van der Waals surface area contributed by atoms with Crippen LogP contribution >= 0.6 is 11.8 Å². The number of thioether (sulfide) groups is 1. The molecular weight excluding hydrogens is 228 g/mol. The molecule has 1 saturated carbocycles. The zero-order valence-electron chi connectivity index (χ0n) is 10.4. The van der Waals surface area contributed by atoms with Crippen LogP contribution in [0.2, 0.25) is 0 Å². The van der Waals surface area contributed by atoms with Gasteiger partial charge in [0.1, 0.15) is 0 Å². The van der Waals surface area contributed by atoms with Crippen LogP contribution in [0, 0.1) is 0 Å². The maximum Gasteiger partial charge on any atom is 0.172 e. The first-order chi connectivity index (χ1) is 8.31. The highest BCUT2D eigenvalue weighted by Crippen LogP contribution is 2.36. The van der Waals surface area contributed by atoms with Crippen molar-refractivity contribution in [2.75, 3.05) is 11.5 Å². The highest BCUT2D eigenvalue weighted by atomic mass is 32.2. The Hall–Kier alpha value is -0.760. The number of rotatable bonds is 6. The molecule has 1 aromatic carbocycles. The summed E-state index contributed by atoms with van der Waals surface area (Å²) in [7, 11) is 0. The highest BCUT2D eigenvalue weighted by Gasteiger charge is 2.19. The van der Waals surface area contributed by atoms with Crippen LogP contribution < -0.4 is 0 Å². The van der Waals surface area contributed by atoms with Crippen molar-refractivity contribution in [1.29, 1.82) is 0 Å². The first-order valence-corrected chi connectivity index (χ1v) is 7.67. The number of hydrogen-bond donors (Lipinski definition) is 0.